The number of fused-ring (bicyclic) bond motifs is 1. The van der Waals surface area contributed by atoms with Gasteiger partial charge in [0.2, 0.25) is 0 Å². The molecule has 0 aliphatic carbocycles. The Morgan fingerprint density at radius 1 is 0.842 bits per heavy atom. The average Bonchev–Trinajstić information content (AvgIpc) is 2.29. The molecule has 0 fully saturated rings. The first-order chi connectivity index (χ1) is 8.97. The first kappa shape index (κ1) is 13.7. The minimum absolute atomic E-state index is 0.135. The highest BCUT2D eigenvalue weighted by Gasteiger charge is 2.11. The molecule has 0 aliphatic heterocycles. The average molecular weight is 258 g/mol. The number of hydrogen-bond acceptors (Lipinski definition) is 2. The van der Waals surface area contributed by atoms with Crippen LogP contribution in [0.15, 0.2) is 30.3 Å². The van der Waals surface area contributed by atoms with Crippen molar-refractivity contribution in [3.05, 3.63) is 35.9 Å². The first-order valence-electron chi connectivity index (χ1n) is 6.84. The summed E-state index contributed by atoms with van der Waals surface area (Å²) in [6.45, 7) is 10.2. The summed E-state index contributed by atoms with van der Waals surface area (Å²) in [5, 5.41) is 2.40. The lowest BCUT2D eigenvalue weighted by Crippen LogP contribution is -2.10. The molecule has 19 heavy (non-hydrogen) atoms. The molecular weight excluding hydrogens is 236 g/mol. The Hall–Kier alpha value is -1.70. The molecule has 0 bridgehead atoms. The predicted octanol–water partition coefficient (Wildman–Crippen LogP) is 4.72. The van der Waals surface area contributed by atoms with Gasteiger partial charge in [-0.25, -0.2) is 0 Å². The smallest absolute Gasteiger partial charge is 0.162 e. The zero-order valence-electron chi connectivity index (χ0n) is 12.4. The van der Waals surface area contributed by atoms with E-state index >= 15 is 0 Å². The minimum atomic E-state index is 0.135. The fraction of sp³-hybridized carbons (Fsp3) is 0.412. The van der Waals surface area contributed by atoms with Gasteiger partial charge in [0.05, 0.1) is 12.2 Å². The Kier molecular flexibility index (Phi) is 3.98. The van der Waals surface area contributed by atoms with Gasteiger partial charge in [0.15, 0.2) is 11.5 Å². The van der Waals surface area contributed by atoms with Crippen LogP contribution < -0.4 is 9.47 Å². The fourth-order valence-corrected chi connectivity index (χ4v) is 2.13. The zero-order chi connectivity index (χ0) is 14.0. The molecular formula is C17H22O2. The van der Waals surface area contributed by atoms with E-state index in [4.69, 9.17) is 9.47 Å². The van der Waals surface area contributed by atoms with Crippen molar-refractivity contribution >= 4 is 10.8 Å². The first-order valence-corrected chi connectivity index (χ1v) is 6.84. The summed E-state index contributed by atoms with van der Waals surface area (Å²) in [5.41, 5.74) is 1.25. The molecule has 0 radical (unpaired) electrons. The largest absolute Gasteiger partial charge is 0.487 e. The molecule has 0 atom stereocenters. The van der Waals surface area contributed by atoms with E-state index in [-0.39, 0.29) is 12.2 Å². The van der Waals surface area contributed by atoms with Crippen LogP contribution in [0.25, 0.3) is 10.8 Å². The van der Waals surface area contributed by atoms with Gasteiger partial charge in [-0.1, -0.05) is 18.2 Å². The summed E-state index contributed by atoms with van der Waals surface area (Å²) in [6, 6.07) is 10.4. The molecule has 0 saturated heterocycles. The van der Waals surface area contributed by atoms with E-state index in [0.29, 0.717) is 0 Å². The molecule has 2 nitrogen and oxygen atoms in total. The minimum Gasteiger partial charge on any atom is -0.487 e. The molecule has 0 aliphatic rings. The van der Waals surface area contributed by atoms with E-state index in [9.17, 15) is 0 Å². The maximum absolute atomic E-state index is 5.88. The molecule has 0 heterocycles. The summed E-state index contributed by atoms with van der Waals surface area (Å²) >= 11 is 0. The van der Waals surface area contributed by atoms with Gasteiger partial charge in [0, 0.05) is 0 Å². The monoisotopic (exact) mass is 258 g/mol. The van der Waals surface area contributed by atoms with Gasteiger partial charge in [0.1, 0.15) is 0 Å². The Balaban J connectivity index is 2.56. The highest BCUT2D eigenvalue weighted by molar-refractivity contribution is 5.88. The van der Waals surface area contributed by atoms with E-state index in [1.54, 1.807) is 0 Å². The van der Waals surface area contributed by atoms with Gasteiger partial charge >= 0.3 is 0 Å². The van der Waals surface area contributed by atoms with Gasteiger partial charge in [-0.15, -0.1) is 0 Å². The van der Waals surface area contributed by atoms with Crippen molar-refractivity contribution in [2.45, 2.75) is 46.8 Å². The van der Waals surface area contributed by atoms with Gasteiger partial charge in [-0.2, -0.15) is 0 Å². The number of benzene rings is 2. The van der Waals surface area contributed by atoms with Crippen molar-refractivity contribution in [2.24, 2.45) is 0 Å². The van der Waals surface area contributed by atoms with Crippen LogP contribution in [0.1, 0.15) is 33.3 Å². The van der Waals surface area contributed by atoms with Crippen LogP contribution in [0, 0.1) is 6.92 Å². The van der Waals surface area contributed by atoms with E-state index in [1.807, 2.05) is 27.7 Å². The molecule has 0 amide bonds. The van der Waals surface area contributed by atoms with E-state index in [2.05, 4.69) is 37.3 Å². The topological polar surface area (TPSA) is 18.5 Å². The Morgan fingerprint density at radius 3 is 2.00 bits per heavy atom. The van der Waals surface area contributed by atoms with E-state index < -0.39 is 0 Å². The lowest BCUT2D eigenvalue weighted by molar-refractivity contribution is 0.199. The number of ether oxygens (including phenoxy) is 2. The summed E-state index contributed by atoms with van der Waals surface area (Å²) in [7, 11) is 0. The van der Waals surface area contributed by atoms with Crippen LogP contribution in [0.5, 0.6) is 11.5 Å². The van der Waals surface area contributed by atoms with Crippen LogP contribution in [-0.4, -0.2) is 12.2 Å². The number of aryl methyl sites for hydroxylation is 1. The second kappa shape index (κ2) is 5.52. The van der Waals surface area contributed by atoms with Crippen molar-refractivity contribution in [1.82, 2.24) is 0 Å². The molecule has 2 aromatic carbocycles. The molecule has 0 saturated carbocycles. The summed E-state index contributed by atoms with van der Waals surface area (Å²) < 4.78 is 11.8. The van der Waals surface area contributed by atoms with Crippen LogP contribution >= 0.6 is 0 Å². The Bertz CT molecular complexity index is 571. The molecule has 2 rings (SSSR count). The number of hydrogen-bond donors (Lipinski definition) is 0. The molecule has 0 N–H and O–H groups in total. The second-order valence-electron chi connectivity index (χ2n) is 5.43. The maximum Gasteiger partial charge on any atom is 0.162 e. The molecule has 2 aromatic rings. The van der Waals surface area contributed by atoms with Crippen molar-refractivity contribution < 1.29 is 9.47 Å². The highest BCUT2D eigenvalue weighted by Crippen LogP contribution is 2.35. The van der Waals surface area contributed by atoms with E-state index in [1.165, 1.54) is 16.3 Å². The third-order valence-electron chi connectivity index (χ3n) is 2.89. The van der Waals surface area contributed by atoms with Crippen LogP contribution in [-0.2, 0) is 0 Å². The molecule has 0 spiro atoms. The second-order valence-corrected chi connectivity index (χ2v) is 5.43. The van der Waals surface area contributed by atoms with Crippen molar-refractivity contribution in [3.8, 4) is 11.5 Å². The van der Waals surface area contributed by atoms with Gasteiger partial charge in [-0.05, 0) is 63.1 Å². The molecule has 102 valence electrons. The van der Waals surface area contributed by atoms with Crippen molar-refractivity contribution in [1.29, 1.82) is 0 Å². The fourth-order valence-electron chi connectivity index (χ4n) is 2.13. The third kappa shape index (κ3) is 3.19. The summed E-state index contributed by atoms with van der Waals surface area (Å²) in [5.74, 6) is 1.65. The van der Waals surface area contributed by atoms with Crippen molar-refractivity contribution in [2.75, 3.05) is 0 Å². The highest BCUT2D eigenvalue weighted by atomic mass is 16.5. The third-order valence-corrected chi connectivity index (χ3v) is 2.89. The van der Waals surface area contributed by atoms with Gasteiger partial charge in [-0.3, -0.25) is 0 Å². The lowest BCUT2D eigenvalue weighted by Gasteiger charge is -2.18. The lowest BCUT2D eigenvalue weighted by atomic mass is 10.0. The van der Waals surface area contributed by atoms with Gasteiger partial charge < -0.3 is 9.47 Å². The zero-order valence-corrected chi connectivity index (χ0v) is 12.4. The maximum atomic E-state index is 5.88. The SMILES string of the molecule is Cc1cccc2cc(OC(C)C)c(OC(C)C)cc12. The van der Waals surface area contributed by atoms with E-state index in [0.717, 1.165) is 11.5 Å². The Morgan fingerprint density at radius 2 is 1.42 bits per heavy atom. The normalized spacial score (nSPS) is 11.3. The van der Waals surface area contributed by atoms with Crippen LogP contribution in [0.4, 0.5) is 0 Å². The Labute approximate surface area is 115 Å². The summed E-state index contributed by atoms with van der Waals surface area (Å²) in [4.78, 5) is 0. The van der Waals surface area contributed by atoms with Crippen LogP contribution in [0.2, 0.25) is 0 Å². The molecule has 2 heteroatoms. The standard InChI is InChI=1S/C17H22O2/c1-11(2)18-16-9-14-8-6-7-13(5)15(14)10-17(16)19-12(3)4/h6-12H,1-5H3. The van der Waals surface area contributed by atoms with Gasteiger partial charge in [0.25, 0.3) is 0 Å². The number of rotatable bonds is 4. The van der Waals surface area contributed by atoms with Crippen LogP contribution in [0.3, 0.4) is 0 Å². The van der Waals surface area contributed by atoms with Crippen molar-refractivity contribution in [3.63, 3.8) is 0 Å². The predicted molar refractivity (Wildman–Crippen MR) is 80.2 cm³/mol. The molecule has 0 aromatic heterocycles. The quantitative estimate of drug-likeness (QED) is 0.789. The molecule has 0 unspecified atom stereocenters. The summed E-state index contributed by atoms with van der Waals surface area (Å²) in [6.07, 6.45) is 0.271.